The molecule has 0 spiro atoms. The lowest BCUT2D eigenvalue weighted by atomic mass is 10.1. The number of benzene rings is 1. The molecule has 1 aromatic carbocycles. The van der Waals surface area contributed by atoms with Crippen molar-refractivity contribution in [3.8, 4) is 11.6 Å². The van der Waals surface area contributed by atoms with Gasteiger partial charge in [0.1, 0.15) is 5.75 Å². The topological polar surface area (TPSA) is 56.3 Å². The molecule has 5 heteroatoms. The fraction of sp³-hybridized carbons (Fsp3) is 0.333. The van der Waals surface area contributed by atoms with Gasteiger partial charge in [0.2, 0.25) is 5.88 Å². The molecule has 1 N–H and O–H groups in total. The molecule has 0 amide bonds. The number of hydrogen-bond donors (Lipinski definition) is 1. The average Bonchev–Trinajstić information content (AvgIpc) is 2.51. The van der Waals surface area contributed by atoms with E-state index < -0.39 is 0 Å². The van der Waals surface area contributed by atoms with Crippen LogP contribution in [0.25, 0.3) is 0 Å². The second-order valence-corrected chi connectivity index (χ2v) is 4.75. The first kappa shape index (κ1) is 13.0. The first-order valence-electron chi connectivity index (χ1n) is 6.72. The molecule has 1 aromatic heterocycles. The van der Waals surface area contributed by atoms with Crippen molar-refractivity contribution in [3.63, 3.8) is 0 Å². The van der Waals surface area contributed by atoms with E-state index in [1.165, 1.54) is 0 Å². The standard InChI is InChI=1S/C15H17N3O2/c1-11-5-6-15(18-17-11)20-13-4-2-3-12(9-13)14-10-16-7-8-19-14/h2-6,9,14,16H,7-8,10H2,1H3/t14-/m0/s1. The van der Waals surface area contributed by atoms with E-state index in [1.54, 1.807) is 0 Å². The highest BCUT2D eigenvalue weighted by Gasteiger charge is 2.16. The van der Waals surface area contributed by atoms with E-state index in [0.29, 0.717) is 5.88 Å². The Morgan fingerprint density at radius 3 is 2.95 bits per heavy atom. The minimum Gasteiger partial charge on any atom is -0.438 e. The number of hydrogen-bond acceptors (Lipinski definition) is 5. The van der Waals surface area contributed by atoms with Crippen LogP contribution < -0.4 is 10.1 Å². The molecule has 0 bridgehead atoms. The van der Waals surface area contributed by atoms with Crippen molar-refractivity contribution >= 4 is 0 Å². The third-order valence-electron chi connectivity index (χ3n) is 3.15. The summed E-state index contributed by atoms with van der Waals surface area (Å²) in [7, 11) is 0. The number of nitrogens with zero attached hydrogens (tertiary/aromatic N) is 2. The van der Waals surface area contributed by atoms with E-state index in [1.807, 2.05) is 43.3 Å². The molecule has 1 atom stereocenters. The summed E-state index contributed by atoms with van der Waals surface area (Å²) in [6.07, 6.45) is 0.0800. The SMILES string of the molecule is Cc1ccc(Oc2cccc([C@@H]3CNCCO3)c2)nn1. The number of rotatable bonds is 3. The lowest BCUT2D eigenvalue weighted by Crippen LogP contribution is -2.33. The van der Waals surface area contributed by atoms with Gasteiger partial charge in [-0.2, -0.15) is 5.10 Å². The van der Waals surface area contributed by atoms with Crippen molar-refractivity contribution in [2.75, 3.05) is 19.7 Å². The van der Waals surface area contributed by atoms with Crippen molar-refractivity contribution in [3.05, 3.63) is 47.7 Å². The quantitative estimate of drug-likeness (QED) is 0.927. The number of aryl methyl sites for hydroxylation is 1. The van der Waals surface area contributed by atoms with Gasteiger partial charge in [0.05, 0.1) is 18.4 Å². The Hall–Kier alpha value is -1.98. The lowest BCUT2D eigenvalue weighted by molar-refractivity contribution is 0.0276. The van der Waals surface area contributed by atoms with Crippen molar-refractivity contribution in [1.82, 2.24) is 15.5 Å². The number of aromatic nitrogens is 2. The zero-order chi connectivity index (χ0) is 13.8. The molecule has 0 radical (unpaired) electrons. The number of ether oxygens (including phenoxy) is 2. The normalized spacial score (nSPS) is 18.8. The van der Waals surface area contributed by atoms with Crippen LogP contribution in [0.5, 0.6) is 11.6 Å². The molecule has 20 heavy (non-hydrogen) atoms. The van der Waals surface area contributed by atoms with Crippen LogP contribution in [0.15, 0.2) is 36.4 Å². The first-order chi connectivity index (χ1) is 9.81. The average molecular weight is 271 g/mol. The lowest BCUT2D eigenvalue weighted by Gasteiger charge is -2.24. The van der Waals surface area contributed by atoms with Crippen LogP contribution in [0.2, 0.25) is 0 Å². The fourth-order valence-electron chi connectivity index (χ4n) is 2.12. The maximum absolute atomic E-state index is 5.74. The summed E-state index contributed by atoms with van der Waals surface area (Å²) in [5.41, 5.74) is 1.97. The van der Waals surface area contributed by atoms with Crippen LogP contribution in [0.1, 0.15) is 17.4 Å². The highest BCUT2D eigenvalue weighted by molar-refractivity contribution is 5.32. The second-order valence-electron chi connectivity index (χ2n) is 4.75. The van der Waals surface area contributed by atoms with Crippen molar-refractivity contribution in [2.45, 2.75) is 13.0 Å². The van der Waals surface area contributed by atoms with Gasteiger partial charge in [-0.25, -0.2) is 0 Å². The van der Waals surface area contributed by atoms with E-state index in [4.69, 9.17) is 9.47 Å². The summed E-state index contributed by atoms with van der Waals surface area (Å²) in [5.74, 6) is 1.24. The van der Waals surface area contributed by atoms with Crippen molar-refractivity contribution in [1.29, 1.82) is 0 Å². The molecule has 1 fully saturated rings. The predicted octanol–water partition coefficient (Wildman–Crippen LogP) is 2.24. The molecular formula is C15H17N3O2. The van der Waals surface area contributed by atoms with Gasteiger partial charge in [-0.05, 0) is 30.7 Å². The van der Waals surface area contributed by atoms with Crippen LogP contribution >= 0.6 is 0 Å². The largest absolute Gasteiger partial charge is 0.438 e. The van der Waals surface area contributed by atoms with E-state index in [2.05, 4.69) is 15.5 Å². The summed E-state index contributed by atoms with van der Waals surface area (Å²) >= 11 is 0. The molecular weight excluding hydrogens is 254 g/mol. The van der Waals surface area contributed by atoms with Gasteiger partial charge in [0, 0.05) is 19.2 Å². The van der Waals surface area contributed by atoms with Crippen LogP contribution in [0, 0.1) is 6.92 Å². The van der Waals surface area contributed by atoms with Crippen molar-refractivity contribution in [2.24, 2.45) is 0 Å². The Balaban J connectivity index is 1.75. The summed E-state index contributed by atoms with van der Waals surface area (Å²) in [6.45, 7) is 4.36. The summed E-state index contributed by atoms with van der Waals surface area (Å²) < 4.78 is 11.5. The monoisotopic (exact) mass is 271 g/mol. The molecule has 2 heterocycles. The Morgan fingerprint density at radius 2 is 2.20 bits per heavy atom. The Kier molecular flexibility index (Phi) is 3.90. The van der Waals surface area contributed by atoms with Gasteiger partial charge < -0.3 is 14.8 Å². The molecule has 2 aromatic rings. The molecule has 0 aliphatic carbocycles. The highest BCUT2D eigenvalue weighted by atomic mass is 16.5. The van der Waals surface area contributed by atoms with E-state index >= 15 is 0 Å². The molecule has 1 aliphatic heterocycles. The molecule has 5 nitrogen and oxygen atoms in total. The summed E-state index contributed by atoms with van der Waals surface area (Å²) in [4.78, 5) is 0. The Morgan fingerprint density at radius 1 is 1.25 bits per heavy atom. The molecule has 0 saturated carbocycles. The van der Waals surface area contributed by atoms with Crippen LogP contribution in [-0.2, 0) is 4.74 Å². The van der Waals surface area contributed by atoms with Gasteiger partial charge in [0.25, 0.3) is 0 Å². The zero-order valence-electron chi connectivity index (χ0n) is 11.4. The zero-order valence-corrected chi connectivity index (χ0v) is 11.4. The summed E-state index contributed by atoms with van der Waals surface area (Å²) in [5, 5.41) is 11.3. The van der Waals surface area contributed by atoms with Gasteiger partial charge in [-0.3, -0.25) is 0 Å². The minimum absolute atomic E-state index is 0.0800. The highest BCUT2D eigenvalue weighted by Crippen LogP contribution is 2.25. The van der Waals surface area contributed by atoms with Crippen LogP contribution in [-0.4, -0.2) is 29.9 Å². The van der Waals surface area contributed by atoms with E-state index in [9.17, 15) is 0 Å². The fourth-order valence-corrected chi connectivity index (χ4v) is 2.12. The van der Waals surface area contributed by atoms with Gasteiger partial charge in [-0.15, -0.1) is 5.10 Å². The second kappa shape index (κ2) is 5.98. The maximum Gasteiger partial charge on any atom is 0.238 e. The van der Waals surface area contributed by atoms with Crippen LogP contribution in [0.3, 0.4) is 0 Å². The van der Waals surface area contributed by atoms with Gasteiger partial charge in [-0.1, -0.05) is 12.1 Å². The predicted molar refractivity (Wildman–Crippen MR) is 74.8 cm³/mol. The summed E-state index contributed by atoms with van der Waals surface area (Å²) in [6, 6.07) is 11.6. The third kappa shape index (κ3) is 3.12. The van der Waals surface area contributed by atoms with Gasteiger partial charge in [0.15, 0.2) is 0 Å². The van der Waals surface area contributed by atoms with E-state index in [0.717, 1.165) is 36.7 Å². The van der Waals surface area contributed by atoms with Crippen molar-refractivity contribution < 1.29 is 9.47 Å². The Bertz CT molecular complexity index is 566. The molecule has 104 valence electrons. The molecule has 3 rings (SSSR count). The molecule has 0 unspecified atom stereocenters. The third-order valence-corrected chi connectivity index (χ3v) is 3.15. The van der Waals surface area contributed by atoms with Gasteiger partial charge >= 0.3 is 0 Å². The molecule has 1 saturated heterocycles. The van der Waals surface area contributed by atoms with Crippen LogP contribution in [0.4, 0.5) is 0 Å². The van der Waals surface area contributed by atoms with E-state index in [-0.39, 0.29) is 6.10 Å². The number of nitrogens with one attached hydrogen (secondary N) is 1. The maximum atomic E-state index is 5.74. The first-order valence-corrected chi connectivity index (χ1v) is 6.72. The number of morpholine rings is 1. The molecule has 1 aliphatic rings. The Labute approximate surface area is 117 Å². The smallest absolute Gasteiger partial charge is 0.238 e. The minimum atomic E-state index is 0.0800.